The van der Waals surface area contributed by atoms with E-state index in [1.165, 1.54) is 17.0 Å². The van der Waals surface area contributed by atoms with E-state index in [0.29, 0.717) is 11.4 Å². The molecular formula is C23H17Br2F3N2O2. The van der Waals surface area contributed by atoms with Crippen molar-refractivity contribution in [3.05, 3.63) is 92.9 Å². The third-order valence-corrected chi connectivity index (χ3v) is 6.57. The average Bonchev–Trinajstić information content (AvgIpc) is 2.95. The van der Waals surface area contributed by atoms with E-state index in [1.807, 2.05) is 0 Å². The molecule has 166 valence electrons. The highest BCUT2D eigenvalue weighted by molar-refractivity contribution is 9.10. The summed E-state index contributed by atoms with van der Waals surface area (Å²) < 4.78 is 41.8. The van der Waals surface area contributed by atoms with Crippen molar-refractivity contribution in [3.63, 3.8) is 0 Å². The lowest BCUT2D eigenvalue weighted by Gasteiger charge is -2.36. The Bertz CT molecular complexity index is 1150. The van der Waals surface area contributed by atoms with Gasteiger partial charge in [0.25, 0.3) is 0 Å². The first-order valence-corrected chi connectivity index (χ1v) is 11.2. The van der Waals surface area contributed by atoms with E-state index >= 15 is 0 Å². The Morgan fingerprint density at radius 2 is 1.44 bits per heavy atom. The Balaban J connectivity index is 1.91. The zero-order valence-corrected chi connectivity index (χ0v) is 19.8. The van der Waals surface area contributed by atoms with Crippen LogP contribution in [0.4, 0.5) is 29.3 Å². The Morgan fingerprint density at radius 3 is 1.97 bits per heavy atom. The average molecular weight is 570 g/mol. The molecule has 0 spiro atoms. The predicted molar refractivity (Wildman–Crippen MR) is 123 cm³/mol. The smallest absolute Gasteiger partial charge is 0.365 e. The van der Waals surface area contributed by atoms with Crippen molar-refractivity contribution >= 4 is 49.3 Å². The van der Waals surface area contributed by atoms with Crippen LogP contribution in [0.1, 0.15) is 18.1 Å². The number of alkyl halides is 3. The Morgan fingerprint density at radius 1 is 0.906 bits per heavy atom. The highest BCUT2D eigenvalue weighted by atomic mass is 79.9. The maximum absolute atomic E-state index is 13.6. The SMILES string of the molecule is CC1N(c2ccc(Br)cc2)C(=O)N(c2ccc(Br)cc2)C1(O)c1cccc(C(F)(F)F)c1. The lowest BCUT2D eigenvalue weighted by Crippen LogP contribution is -2.48. The van der Waals surface area contributed by atoms with Crippen molar-refractivity contribution in [2.24, 2.45) is 0 Å². The predicted octanol–water partition coefficient (Wildman–Crippen LogP) is 6.91. The van der Waals surface area contributed by atoms with Gasteiger partial charge in [0.15, 0.2) is 5.72 Å². The van der Waals surface area contributed by atoms with Gasteiger partial charge in [-0.05, 0) is 67.6 Å². The first-order chi connectivity index (χ1) is 15.0. The molecule has 2 amide bonds. The molecule has 1 heterocycles. The van der Waals surface area contributed by atoms with Gasteiger partial charge in [-0.1, -0.05) is 44.0 Å². The molecule has 3 aromatic rings. The van der Waals surface area contributed by atoms with Gasteiger partial charge in [0.05, 0.1) is 11.6 Å². The zero-order valence-electron chi connectivity index (χ0n) is 16.6. The molecule has 1 aliphatic heterocycles. The van der Waals surface area contributed by atoms with Crippen molar-refractivity contribution in [2.75, 3.05) is 9.80 Å². The van der Waals surface area contributed by atoms with Gasteiger partial charge in [0.2, 0.25) is 0 Å². The number of carbonyl (C=O) groups is 1. The third-order valence-electron chi connectivity index (χ3n) is 5.51. The fraction of sp³-hybridized carbons (Fsp3) is 0.174. The number of anilines is 2. The third kappa shape index (κ3) is 3.82. The van der Waals surface area contributed by atoms with Crippen LogP contribution in [0.5, 0.6) is 0 Å². The van der Waals surface area contributed by atoms with Gasteiger partial charge in [-0.2, -0.15) is 13.2 Å². The van der Waals surface area contributed by atoms with Crippen LogP contribution in [0.25, 0.3) is 0 Å². The molecular weight excluding hydrogens is 553 g/mol. The number of carbonyl (C=O) groups excluding carboxylic acids is 1. The molecule has 0 saturated carbocycles. The fourth-order valence-corrected chi connectivity index (χ4v) is 4.44. The van der Waals surface area contributed by atoms with E-state index in [4.69, 9.17) is 0 Å². The molecule has 0 radical (unpaired) electrons. The largest absolute Gasteiger partial charge is 0.416 e. The van der Waals surface area contributed by atoms with Gasteiger partial charge in [-0.15, -0.1) is 0 Å². The molecule has 0 bridgehead atoms. The van der Waals surface area contributed by atoms with Crippen LogP contribution in [0.15, 0.2) is 81.7 Å². The number of aliphatic hydroxyl groups is 1. The number of nitrogens with zero attached hydrogens (tertiary/aromatic N) is 2. The summed E-state index contributed by atoms with van der Waals surface area (Å²) in [4.78, 5) is 16.1. The van der Waals surface area contributed by atoms with Crippen LogP contribution >= 0.6 is 31.9 Å². The lowest BCUT2D eigenvalue weighted by atomic mass is 9.93. The summed E-state index contributed by atoms with van der Waals surface area (Å²) >= 11 is 6.69. The highest BCUT2D eigenvalue weighted by Gasteiger charge is 2.57. The minimum Gasteiger partial charge on any atom is -0.365 e. The summed E-state index contributed by atoms with van der Waals surface area (Å²) in [6.45, 7) is 1.61. The van der Waals surface area contributed by atoms with Gasteiger partial charge < -0.3 is 5.11 Å². The summed E-state index contributed by atoms with van der Waals surface area (Å²) in [6, 6.07) is 16.6. The molecule has 3 aromatic carbocycles. The number of halogens is 5. The molecule has 32 heavy (non-hydrogen) atoms. The molecule has 0 aliphatic carbocycles. The second-order valence-corrected chi connectivity index (χ2v) is 9.25. The summed E-state index contributed by atoms with van der Waals surface area (Å²) in [6.07, 6.45) is -4.59. The van der Waals surface area contributed by atoms with E-state index in [2.05, 4.69) is 31.9 Å². The molecule has 9 heteroatoms. The molecule has 2 unspecified atom stereocenters. The van der Waals surface area contributed by atoms with Crippen LogP contribution in [0, 0.1) is 0 Å². The van der Waals surface area contributed by atoms with E-state index in [0.717, 1.165) is 26.0 Å². The monoisotopic (exact) mass is 568 g/mol. The van der Waals surface area contributed by atoms with E-state index < -0.39 is 29.5 Å². The molecule has 0 aromatic heterocycles. The molecule has 1 fully saturated rings. The van der Waals surface area contributed by atoms with Crippen molar-refractivity contribution in [1.29, 1.82) is 0 Å². The first kappa shape index (κ1) is 22.8. The number of hydrogen-bond acceptors (Lipinski definition) is 2. The van der Waals surface area contributed by atoms with Gasteiger partial charge in [0, 0.05) is 25.9 Å². The molecule has 4 nitrogen and oxygen atoms in total. The van der Waals surface area contributed by atoms with Crippen molar-refractivity contribution in [1.82, 2.24) is 0 Å². The molecule has 2 atom stereocenters. The minimum atomic E-state index is -4.59. The number of benzene rings is 3. The summed E-state index contributed by atoms with van der Waals surface area (Å²) in [5, 5.41) is 11.9. The minimum absolute atomic E-state index is 0.0318. The standard InChI is InChI=1S/C23H17Br2F3N2O2/c1-14-22(32,15-3-2-4-16(13-15)23(26,27)28)30(20-11-7-18(25)8-12-20)21(31)29(14)19-9-5-17(24)6-10-19/h2-14,32H,1H3. The topological polar surface area (TPSA) is 43.8 Å². The van der Waals surface area contributed by atoms with Crippen molar-refractivity contribution in [3.8, 4) is 0 Å². The van der Waals surface area contributed by atoms with Gasteiger partial charge >= 0.3 is 12.2 Å². The maximum Gasteiger partial charge on any atom is 0.416 e. The summed E-state index contributed by atoms with van der Waals surface area (Å²) in [7, 11) is 0. The Labute approximate surface area is 199 Å². The van der Waals surface area contributed by atoms with Crippen LogP contribution in [-0.4, -0.2) is 17.2 Å². The van der Waals surface area contributed by atoms with Crippen LogP contribution in [0.2, 0.25) is 0 Å². The van der Waals surface area contributed by atoms with Gasteiger partial charge in [0.1, 0.15) is 0 Å². The zero-order chi connectivity index (χ0) is 23.3. The van der Waals surface area contributed by atoms with Crippen molar-refractivity contribution < 1.29 is 23.1 Å². The van der Waals surface area contributed by atoms with Crippen LogP contribution < -0.4 is 9.80 Å². The number of amides is 2. The number of urea groups is 1. The Hall–Kier alpha value is -2.36. The van der Waals surface area contributed by atoms with Gasteiger partial charge in [-0.3, -0.25) is 9.80 Å². The van der Waals surface area contributed by atoms with Crippen molar-refractivity contribution in [2.45, 2.75) is 24.9 Å². The Kier molecular flexibility index (Phi) is 5.85. The van der Waals surface area contributed by atoms with E-state index in [-0.39, 0.29) is 5.56 Å². The first-order valence-electron chi connectivity index (χ1n) is 9.58. The number of hydrogen-bond donors (Lipinski definition) is 1. The number of rotatable bonds is 3. The fourth-order valence-electron chi connectivity index (χ4n) is 3.91. The summed E-state index contributed by atoms with van der Waals surface area (Å²) in [5.41, 5.74) is -2.13. The molecule has 1 aliphatic rings. The quantitative estimate of drug-likeness (QED) is 0.372. The van der Waals surface area contributed by atoms with Crippen LogP contribution in [-0.2, 0) is 11.9 Å². The normalized spacial score (nSPS) is 21.3. The molecule has 1 N–H and O–H groups in total. The van der Waals surface area contributed by atoms with Gasteiger partial charge in [-0.25, -0.2) is 4.79 Å². The van der Waals surface area contributed by atoms with Crippen LogP contribution in [0.3, 0.4) is 0 Å². The highest BCUT2D eigenvalue weighted by Crippen LogP contribution is 2.45. The lowest BCUT2D eigenvalue weighted by molar-refractivity contribution is -0.137. The second kappa shape index (κ2) is 8.20. The van der Waals surface area contributed by atoms with E-state index in [1.54, 1.807) is 55.5 Å². The van der Waals surface area contributed by atoms with E-state index in [9.17, 15) is 23.1 Å². The molecule has 1 saturated heterocycles. The summed E-state index contributed by atoms with van der Waals surface area (Å²) in [5.74, 6) is 0. The molecule has 4 rings (SSSR count). The second-order valence-electron chi connectivity index (χ2n) is 7.42. The maximum atomic E-state index is 13.6.